The van der Waals surface area contributed by atoms with Gasteiger partial charge in [-0.2, -0.15) is 0 Å². The number of imide groups is 2. The van der Waals surface area contributed by atoms with Crippen molar-refractivity contribution in [2.75, 3.05) is 18.1 Å². The van der Waals surface area contributed by atoms with Crippen molar-refractivity contribution < 1.29 is 28.7 Å². The quantitative estimate of drug-likeness (QED) is 0.192. The Morgan fingerprint density at radius 2 is 1.74 bits per heavy atom. The molecule has 8 nitrogen and oxygen atoms in total. The number of nitrogens with zero attached hydrogens (tertiary/aromatic N) is 1. The molecule has 1 fully saturated rings. The highest BCUT2D eigenvalue weighted by molar-refractivity contribution is 9.10. The molecule has 1 N–H and O–H groups in total. The van der Waals surface area contributed by atoms with Gasteiger partial charge in [-0.15, -0.1) is 0 Å². The third kappa shape index (κ3) is 6.21. The molecular weight excluding hydrogens is 588 g/mol. The zero-order chi connectivity index (χ0) is 28.1. The van der Waals surface area contributed by atoms with Crippen LogP contribution in [0.15, 0.2) is 70.7 Å². The Morgan fingerprint density at radius 3 is 2.41 bits per heavy atom. The number of nitrogens with one attached hydrogen (secondary N) is 1. The van der Waals surface area contributed by atoms with E-state index >= 15 is 0 Å². The second-order valence-electron chi connectivity index (χ2n) is 8.41. The first-order valence-corrected chi connectivity index (χ1v) is 13.3. The highest BCUT2D eigenvalue weighted by Crippen LogP contribution is 2.34. The Kier molecular flexibility index (Phi) is 8.83. The molecule has 1 aliphatic rings. The maximum Gasteiger partial charge on any atom is 0.338 e. The minimum Gasteiger partial charge on any atom is -0.494 e. The minimum atomic E-state index is -0.891. The summed E-state index contributed by atoms with van der Waals surface area (Å²) in [7, 11) is 0. The van der Waals surface area contributed by atoms with Gasteiger partial charge in [0.25, 0.3) is 11.8 Å². The van der Waals surface area contributed by atoms with Gasteiger partial charge < -0.3 is 9.47 Å². The fraction of sp³-hybridized carbons (Fsp3) is 0.172. The number of amides is 4. The number of carbonyl (C=O) groups is 4. The second-order valence-corrected chi connectivity index (χ2v) is 9.67. The molecule has 10 heteroatoms. The van der Waals surface area contributed by atoms with E-state index in [0.717, 1.165) is 16.0 Å². The van der Waals surface area contributed by atoms with Crippen molar-refractivity contribution >= 4 is 63.1 Å². The Morgan fingerprint density at radius 1 is 1.03 bits per heavy atom. The molecule has 1 heterocycles. The SMILES string of the molecule is CCOC(=O)c1ccc(N2C(=O)NC(=O)/C(=C\c3cc(Br)c(Cc4ccccc4Cl)c(OCC)c3)C2=O)cc1. The van der Waals surface area contributed by atoms with E-state index in [2.05, 4.69) is 21.2 Å². The summed E-state index contributed by atoms with van der Waals surface area (Å²) in [4.78, 5) is 51.4. The van der Waals surface area contributed by atoms with Crippen LogP contribution in [-0.4, -0.2) is 37.0 Å². The van der Waals surface area contributed by atoms with E-state index in [-0.39, 0.29) is 23.4 Å². The van der Waals surface area contributed by atoms with Gasteiger partial charge in [-0.25, -0.2) is 14.5 Å². The monoisotopic (exact) mass is 610 g/mol. The Hall–Kier alpha value is -3.95. The molecule has 1 saturated heterocycles. The third-order valence-corrected chi connectivity index (χ3v) is 6.93. The molecule has 0 atom stereocenters. The lowest BCUT2D eigenvalue weighted by molar-refractivity contribution is -0.122. The maximum absolute atomic E-state index is 13.3. The zero-order valence-corrected chi connectivity index (χ0v) is 23.5. The van der Waals surface area contributed by atoms with Crippen LogP contribution in [0.5, 0.6) is 5.75 Å². The Balaban J connectivity index is 1.67. The van der Waals surface area contributed by atoms with E-state index in [1.807, 2.05) is 31.2 Å². The maximum atomic E-state index is 13.3. The van der Waals surface area contributed by atoms with Gasteiger partial charge in [0, 0.05) is 21.5 Å². The number of barbiturate groups is 1. The second kappa shape index (κ2) is 12.3. The van der Waals surface area contributed by atoms with Gasteiger partial charge >= 0.3 is 12.0 Å². The van der Waals surface area contributed by atoms with Crippen LogP contribution in [-0.2, 0) is 20.7 Å². The van der Waals surface area contributed by atoms with Crippen LogP contribution in [0.3, 0.4) is 0 Å². The first-order chi connectivity index (χ1) is 18.7. The lowest BCUT2D eigenvalue weighted by atomic mass is 10.0. The normalized spacial score (nSPS) is 14.4. The molecule has 0 bridgehead atoms. The van der Waals surface area contributed by atoms with Crippen molar-refractivity contribution in [2.24, 2.45) is 0 Å². The number of hydrogen-bond acceptors (Lipinski definition) is 6. The van der Waals surface area contributed by atoms with Gasteiger partial charge in [0.15, 0.2) is 0 Å². The molecule has 0 aliphatic carbocycles. The predicted molar refractivity (Wildman–Crippen MR) is 151 cm³/mol. The van der Waals surface area contributed by atoms with Gasteiger partial charge in [-0.3, -0.25) is 14.9 Å². The van der Waals surface area contributed by atoms with E-state index < -0.39 is 23.8 Å². The zero-order valence-electron chi connectivity index (χ0n) is 21.1. The van der Waals surface area contributed by atoms with Crippen molar-refractivity contribution in [2.45, 2.75) is 20.3 Å². The average Bonchev–Trinajstić information content (AvgIpc) is 2.90. The number of benzene rings is 3. The summed E-state index contributed by atoms with van der Waals surface area (Å²) >= 11 is 9.95. The van der Waals surface area contributed by atoms with Crippen LogP contribution in [0.2, 0.25) is 5.02 Å². The van der Waals surface area contributed by atoms with Crippen molar-refractivity contribution in [3.8, 4) is 5.75 Å². The summed E-state index contributed by atoms with van der Waals surface area (Å²) in [6.45, 7) is 4.15. The van der Waals surface area contributed by atoms with Gasteiger partial charge in [0.1, 0.15) is 11.3 Å². The molecule has 200 valence electrons. The van der Waals surface area contributed by atoms with Gasteiger partial charge in [-0.1, -0.05) is 45.7 Å². The van der Waals surface area contributed by atoms with E-state index in [0.29, 0.717) is 33.8 Å². The third-order valence-electron chi connectivity index (χ3n) is 5.85. The highest BCUT2D eigenvalue weighted by Gasteiger charge is 2.37. The summed E-state index contributed by atoms with van der Waals surface area (Å²) in [5, 5.41) is 2.83. The van der Waals surface area contributed by atoms with Gasteiger partial charge in [0.2, 0.25) is 0 Å². The summed E-state index contributed by atoms with van der Waals surface area (Å²) in [5.74, 6) is -1.59. The van der Waals surface area contributed by atoms with E-state index in [1.54, 1.807) is 19.1 Å². The standard InChI is InChI=1S/C29H24BrClN2O6/c1-3-38-25-15-17(14-23(30)21(25)16-19-7-5-6-8-24(19)31)13-22-26(34)32-29(37)33(27(22)35)20-11-9-18(10-12-20)28(36)39-4-2/h5-15H,3-4,16H2,1-2H3,(H,32,34,37)/b22-13+. The predicted octanol–water partition coefficient (Wildman–Crippen LogP) is 5.94. The molecule has 3 aromatic rings. The topological polar surface area (TPSA) is 102 Å². The summed E-state index contributed by atoms with van der Waals surface area (Å²) < 4.78 is 11.5. The summed E-state index contributed by atoms with van der Waals surface area (Å²) in [6.07, 6.45) is 1.90. The van der Waals surface area contributed by atoms with Crippen LogP contribution in [0.1, 0.15) is 40.9 Å². The fourth-order valence-corrected chi connectivity index (χ4v) is 4.82. The van der Waals surface area contributed by atoms with E-state index in [9.17, 15) is 19.2 Å². The number of rotatable bonds is 8. The lowest BCUT2D eigenvalue weighted by Gasteiger charge is -2.26. The number of esters is 1. The molecule has 39 heavy (non-hydrogen) atoms. The van der Waals surface area contributed by atoms with E-state index in [1.165, 1.54) is 30.3 Å². The minimum absolute atomic E-state index is 0.190. The highest BCUT2D eigenvalue weighted by atomic mass is 79.9. The molecule has 1 aliphatic heterocycles. The van der Waals surface area contributed by atoms with Crippen LogP contribution < -0.4 is 15.0 Å². The molecule has 3 aromatic carbocycles. The Labute approximate surface area is 238 Å². The van der Waals surface area contributed by atoms with Gasteiger partial charge in [-0.05, 0) is 73.5 Å². The first kappa shape index (κ1) is 28.1. The molecule has 4 amide bonds. The number of urea groups is 1. The average molecular weight is 612 g/mol. The number of ether oxygens (including phenoxy) is 2. The number of anilines is 1. The van der Waals surface area contributed by atoms with Crippen molar-refractivity contribution in [3.05, 3.63) is 98.0 Å². The molecule has 0 aromatic heterocycles. The van der Waals surface area contributed by atoms with Crippen LogP contribution >= 0.6 is 27.5 Å². The van der Waals surface area contributed by atoms with Crippen molar-refractivity contribution in [1.82, 2.24) is 5.32 Å². The Bertz CT molecular complexity index is 1490. The fourth-order valence-electron chi connectivity index (χ4n) is 4.02. The van der Waals surface area contributed by atoms with E-state index in [4.69, 9.17) is 21.1 Å². The number of halogens is 2. The molecule has 0 spiro atoms. The number of carbonyl (C=O) groups excluding carboxylic acids is 4. The summed E-state index contributed by atoms with van der Waals surface area (Å²) in [5.41, 5.74) is 2.50. The van der Waals surface area contributed by atoms with Crippen LogP contribution in [0, 0.1) is 0 Å². The molecule has 0 unspecified atom stereocenters. The summed E-state index contributed by atoms with van der Waals surface area (Å²) in [6, 6.07) is 15.8. The molecular formula is C29H24BrClN2O6. The van der Waals surface area contributed by atoms with Crippen LogP contribution in [0.25, 0.3) is 6.08 Å². The molecule has 0 saturated carbocycles. The smallest absolute Gasteiger partial charge is 0.338 e. The van der Waals surface area contributed by atoms with Crippen molar-refractivity contribution in [3.63, 3.8) is 0 Å². The number of hydrogen-bond donors (Lipinski definition) is 1. The van der Waals surface area contributed by atoms with Crippen molar-refractivity contribution in [1.29, 1.82) is 0 Å². The first-order valence-electron chi connectivity index (χ1n) is 12.1. The molecule has 4 rings (SSSR count). The van der Waals surface area contributed by atoms with Gasteiger partial charge in [0.05, 0.1) is 24.5 Å². The molecule has 0 radical (unpaired) electrons. The largest absolute Gasteiger partial charge is 0.494 e. The lowest BCUT2D eigenvalue weighted by Crippen LogP contribution is -2.54. The van der Waals surface area contributed by atoms with Crippen LogP contribution in [0.4, 0.5) is 10.5 Å².